The van der Waals surface area contributed by atoms with Crippen LogP contribution in [0.4, 0.5) is 0 Å². The molecule has 0 bridgehead atoms. The van der Waals surface area contributed by atoms with Gasteiger partial charge in [0.1, 0.15) is 13.2 Å². The summed E-state index contributed by atoms with van der Waals surface area (Å²) in [6.07, 6.45) is 54.4. The molecule has 0 fully saturated rings. The first kappa shape index (κ1) is 56.9. The highest BCUT2D eigenvalue weighted by Crippen LogP contribution is 2.16. The van der Waals surface area contributed by atoms with E-state index < -0.39 is 6.10 Å². The molecule has 0 aromatic carbocycles. The molecular formula is C53H98O6. The summed E-state index contributed by atoms with van der Waals surface area (Å²) in [7, 11) is 0. The molecule has 0 spiro atoms. The van der Waals surface area contributed by atoms with Gasteiger partial charge in [0.05, 0.1) is 0 Å². The van der Waals surface area contributed by atoms with E-state index in [0.29, 0.717) is 19.3 Å². The predicted molar refractivity (Wildman–Crippen MR) is 252 cm³/mol. The number of unbranched alkanes of at least 4 members (excludes halogenated alkanes) is 32. The number of rotatable bonds is 47. The van der Waals surface area contributed by atoms with E-state index in [4.69, 9.17) is 14.2 Å². The van der Waals surface area contributed by atoms with Crippen molar-refractivity contribution in [1.29, 1.82) is 0 Å². The van der Waals surface area contributed by atoms with Gasteiger partial charge in [-0.25, -0.2) is 0 Å². The molecule has 0 aliphatic heterocycles. The van der Waals surface area contributed by atoms with Crippen molar-refractivity contribution >= 4 is 17.9 Å². The maximum absolute atomic E-state index is 12.8. The average molecular weight is 831 g/mol. The normalized spacial score (nSPS) is 11.7. The van der Waals surface area contributed by atoms with E-state index in [1.54, 1.807) is 0 Å². The van der Waals surface area contributed by atoms with Crippen molar-refractivity contribution in [2.75, 3.05) is 13.2 Å². The lowest BCUT2D eigenvalue weighted by Crippen LogP contribution is -2.30. The van der Waals surface area contributed by atoms with Crippen LogP contribution in [0, 0.1) is 0 Å². The van der Waals surface area contributed by atoms with E-state index in [0.717, 1.165) is 77.0 Å². The van der Waals surface area contributed by atoms with Crippen molar-refractivity contribution < 1.29 is 28.6 Å². The summed E-state index contributed by atoms with van der Waals surface area (Å²) >= 11 is 0. The highest BCUT2D eigenvalue weighted by atomic mass is 16.6. The number of hydrogen-bond acceptors (Lipinski definition) is 6. The maximum Gasteiger partial charge on any atom is 0.306 e. The van der Waals surface area contributed by atoms with Crippen molar-refractivity contribution in [2.24, 2.45) is 0 Å². The van der Waals surface area contributed by atoms with E-state index >= 15 is 0 Å². The van der Waals surface area contributed by atoms with Crippen LogP contribution >= 0.6 is 0 Å². The zero-order valence-electron chi connectivity index (χ0n) is 39.5. The van der Waals surface area contributed by atoms with Gasteiger partial charge >= 0.3 is 17.9 Å². The molecule has 0 N–H and O–H groups in total. The minimum atomic E-state index is -0.772. The van der Waals surface area contributed by atoms with Crippen molar-refractivity contribution in [3.8, 4) is 0 Å². The molecule has 6 nitrogen and oxygen atoms in total. The second kappa shape index (κ2) is 48.6. The van der Waals surface area contributed by atoms with Gasteiger partial charge in [0.15, 0.2) is 6.10 Å². The van der Waals surface area contributed by atoms with Crippen LogP contribution in [0.3, 0.4) is 0 Å². The Balaban J connectivity index is 4.37. The third kappa shape index (κ3) is 46.8. The second-order valence-corrected chi connectivity index (χ2v) is 17.4. The monoisotopic (exact) mass is 831 g/mol. The van der Waals surface area contributed by atoms with Gasteiger partial charge in [-0.15, -0.1) is 0 Å². The maximum atomic E-state index is 12.8. The third-order valence-electron chi connectivity index (χ3n) is 11.5. The lowest BCUT2D eigenvalue weighted by atomic mass is 10.0. The lowest BCUT2D eigenvalue weighted by Gasteiger charge is -2.18. The average Bonchev–Trinajstić information content (AvgIpc) is 3.23. The van der Waals surface area contributed by atoms with Crippen LogP contribution in [-0.4, -0.2) is 37.2 Å². The zero-order valence-corrected chi connectivity index (χ0v) is 39.5. The van der Waals surface area contributed by atoms with Crippen LogP contribution in [0.1, 0.15) is 278 Å². The zero-order chi connectivity index (χ0) is 43.0. The molecule has 0 rings (SSSR count). The van der Waals surface area contributed by atoms with Crippen LogP contribution in [-0.2, 0) is 28.6 Å². The predicted octanol–water partition coefficient (Wildman–Crippen LogP) is 16.8. The SMILES string of the molecule is CCCCC/C=C\C/C=C\CCCCCCCC(=O)OC(COC(=O)CCCCCCCCCCCCCCC)COC(=O)CCCCCCCCCCCCCCC. The molecule has 0 heterocycles. The summed E-state index contributed by atoms with van der Waals surface area (Å²) in [5.74, 6) is -0.872. The standard InChI is InChI=1S/C53H98O6/c1-4-7-10-13-16-19-22-25-26-29-32-35-38-41-44-47-53(56)59-50(48-57-51(54)45-42-39-36-33-30-27-23-20-17-14-11-8-5-2)49-58-52(55)46-43-40-37-34-31-28-24-21-18-15-12-9-6-3/h16,19,25-26,50H,4-15,17-18,20-24,27-49H2,1-3H3/b19-16-,26-25-. The van der Waals surface area contributed by atoms with Gasteiger partial charge in [-0.1, -0.05) is 231 Å². The van der Waals surface area contributed by atoms with Crippen molar-refractivity contribution in [1.82, 2.24) is 0 Å². The van der Waals surface area contributed by atoms with Crippen LogP contribution in [0.5, 0.6) is 0 Å². The largest absolute Gasteiger partial charge is 0.462 e. The Hall–Kier alpha value is -2.11. The number of carbonyl (C=O) groups excluding carboxylic acids is 3. The molecule has 0 amide bonds. The molecule has 0 aromatic rings. The Bertz CT molecular complexity index is 912. The van der Waals surface area contributed by atoms with E-state index in [2.05, 4.69) is 45.1 Å². The van der Waals surface area contributed by atoms with Crippen molar-refractivity contribution in [3.05, 3.63) is 24.3 Å². The van der Waals surface area contributed by atoms with Crippen LogP contribution in [0.25, 0.3) is 0 Å². The van der Waals surface area contributed by atoms with Gasteiger partial charge in [-0.3, -0.25) is 14.4 Å². The Morgan fingerprint density at radius 2 is 0.610 bits per heavy atom. The van der Waals surface area contributed by atoms with Gasteiger partial charge in [-0.2, -0.15) is 0 Å². The third-order valence-corrected chi connectivity index (χ3v) is 11.5. The molecule has 0 atom stereocenters. The highest BCUT2D eigenvalue weighted by molar-refractivity contribution is 5.71. The number of carbonyl (C=O) groups is 3. The van der Waals surface area contributed by atoms with Gasteiger partial charge < -0.3 is 14.2 Å². The first-order valence-corrected chi connectivity index (χ1v) is 25.8. The molecule has 0 aromatic heterocycles. The molecule has 0 aliphatic rings. The molecule has 0 aliphatic carbocycles. The molecule has 6 heteroatoms. The summed E-state index contributed by atoms with van der Waals surface area (Å²) in [6.45, 7) is 6.62. The minimum absolute atomic E-state index is 0.0722. The van der Waals surface area contributed by atoms with E-state index in [-0.39, 0.29) is 31.1 Å². The van der Waals surface area contributed by atoms with Crippen molar-refractivity contribution in [3.63, 3.8) is 0 Å². The van der Waals surface area contributed by atoms with Gasteiger partial charge in [-0.05, 0) is 51.4 Å². The fourth-order valence-electron chi connectivity index (χ4n) is 7.53. The second-order valence-electron chi connectivity index (χ2n) is 17.4. The number of allylic oxidation sites excluding steroid dienone is 4. The molecule has 346 valence electrons. The Morgan fingerprint density at radius 1 is 0.339 bits per heavy atom. The summed E-state index contributed by atoms with van der Waals surface area (Å²) in [4.78, 5) is 37.9. The summed E-state index contributed by atoms with van der Waals surface area (Å²) in [5.41, 5.74) is 0. The van der Waals surface area contributed by atoms with Gasteiger partial charge in [0.2, 0.25) is 0 Å². The Morgan fingerprint density at radius 3 is 0.966 bits per heavy atom. The number of ether oxygens (including phenoxy) is 3. The summed E-state index contributed by atoms with van der Waals surface area (Å²) < 4.78 is 16.8. The minimum Gasteiger partial charge on any atom is -0.462 e. The van der Waals surface area contributed by atoms with Gasteiger partial charge in [0, 0.05) is 19.3 Å². The highest BCUT2D eigenvalue weighted by Gasteiger charge is 2.19. The summed E-state index contributed by atoms with van der Waals surface area (Å²) in [6, 6.07) is 0. The number of esters is 3. The fraction of sp³-hybridized carbons (Fsp3) is 0.868. The Labute approximate surface area is 366 Å². The van der Waals surface area contributed by atoms with Crippen LogP contribution in [0.15, 0.2) is 24.3 Å². The summed E-state index contributed by atoms with van der Waals surface area (Å²) in [5, 5.41) is 0. The molecule has 0 unspecified atom stereocenters. The molecular weight excluding hydrogens is 733 g/mol. The molecule has 0 radical (unpaired) electrons. The first-order chi connectivity index (χ1) is 29.0. The fourth-order valence-corrected chi connectivity index (χ4v) is 7.53. The lowest BCUT2D eigenvalue weighted by molar-refractivity contribution is -0.167. The van der Waals surface area contributed by atoms with Crippen LogP contribution < -0.4 is 0 Å². The quantitative estimate of drug-likeness (QED) is 0.0263. The van der Waals surface area contributed by atoms with Gasteiger partial charge in [0.25, 0.3) is 0 Å². The van der Waals surface area contributed by atoms with E-state index in [9.17, 15) is 14.4 Å². The Kier molecular flexibility index (Phi) is 46.8. The van der Waals surface area contributed by atoms with Crippen molar-refractivity contribution in [2.45, 2.75) is 284 Å². The smallest absolute Gasteiger partial charge is 0.306 e. The molecule has 59 heavy (non-hydrogen) atoms. The van der Waals surface area contributed by atoms with E-state index in [1.165, 1.54) is 161 Å². The molecule has 0 saturated heterocycles. The molecule has 0 saturated carbocycles. The number of hydrogen-bond donors (Lipinski definition) is 0. The van der Waals surface area contributed by atoms with Crippen LogP contribution in [0.2, 0.25) is 0 Å². The van der Waals surface area contributed by atoms with E-state index in [1.807, 2.05) is 0 Å². The first-order valence-electron chi connectivity index (χ1n) is 25.8. The topological polar surface area (TPSA) is 78.9 Å².